The molecule has 1 aromatic carbocycles. The second-order valence-corrected chi connectivity index (χ2v) is 4.00. The molecular formula is C13H17N3O2. The average Bonchev–Trinajstić information content (AvgIpc) is 2.77. The monoisotopic (exact) mass is 247 g/mol. The molecule has 1 aromatic heterocycles. The van der Waals surface area contributed by atoms with E-state index >= 15 is 0 Å². The largest absolute Gasteiger partial charge is 0.494 e. The van der Waals surface area contributed by atoms with Crippen molar-refractivity contribution in [3.05, 3.63) is 46.4 Å². The van der Waals surface area contributed by atoms with E-state index in [9.17, 15) is 4.79 Å². The van der Waals surface area contributed by atoms with Crippen LogP contribution in [0.5, 0.6) is 5.75 Å². The number of hydrogen-bond acceptors (Lipinski definition) is 3. The second kappa shape index (κ2) is 5.55. The van der Waals surface area contributed by atoms with E-state index in [0.29, 0.717) is 24.4 Å². The summed E-state index contributed by atoms with van der Waals surface area (Å²) in [6.45, 7) is 0.583. The third kappa shape index (κ3) is 2.31. The van der Waals surface area contributed by atoms with Crippen molar-refractivity contribution in [2.45, 2.75) is 12.8 Å². The molecule has 2 rings (SSSR count). The van der Waals surface area contributed by atoms with Gasteiger partial charge in [0.2, 0.25) is 0 Å². The summed E-state index contributed by atoms with van der Waals surface area (Å²) in [4.78, 5) is 12.2. The molecule has 5 nitrogen and oxygen atoms in total. The molecule has 96 valence electrons. The van der Waals surface area contributed by atoms with Gasteiger partial charge in [-0.2, -0.15) is 0 Å². The smallest absolute Gasteiger partial charge is 0.274 e. The van der Waals surface area contributed by atoms with Gasteiger partial charge in [-0.3, -0.25) is 9.89 Å². The van der Waals surface area contributed by atoms with Crippen molar-refractivity contribution >= 4 is 0 Å². The van der Waals surface area contributed by atoms with Gasteiger partial charge >= 0.3 is 0 Å². The van der Waals surface area contributed by atoms with Crippen LogP contribution in [0, 0.1) is 0 Å². The fraction of sp³-hybridized carbons (Fsp3) is 0.308. The number of aryl methyl sites for hydroxylation is 1. The maximum absolute atomic E-state index is 12.2. The van der Waals surface area contributed by atoms with Crippen molar-refractivity contribution in [1.82, 2.24) is 9.78 Å². The molecule has 0 radical (unpaired) electrons. The first-order valence-corrected chi connectivity index (χ1v) is 5.90. The fourth-order valence-electron chi connectivity index (χ4n) is 1.87. The Hall–Kier alpha value is -2.01. The van der Waals surface area contributed by atoms with Crippen molar-refractivity contribution in [3.8, 4) is 11.4 Å². The van der Waals surface area contributed by atoms with Crippen LogP contribution in [0.15, 0.2) is 35.3 Å². The molecule has 18 heavy (non-hydrogen) atoms. The topological polar surface area (TPSA) is 73.0 Å². The van der Waals surface area contributed by atoms with Gasteiger partial charge in [0.25, 0.3) is 5.56 Å². The number of para-hydroxylation sites is 2. The normalized spacial score (nSPS) is 10.6. The quantitative estimate of drug-likeness (QED) is 0.830. The Morgan fingerprint density at radius 2 is 2.17 bits per heavy atom. The van der Waals surface area contributed by atoms with Gasteiger partial charge in [-0.25, -0.2) is 4.68 Å². The van der Waals surface area contributed by atoms with Crippen molar-refractivity contribution in [1.29, 1.82) is 0 Å². The Labute approximate surface area is 105 Å². The van der Waals surface area contributed by atoms with Crippen LogP contribution < -0.4 is 16.0 Å². The van der Waals surface area contributed by atoms with Gasteiger partial charge < -0.3 is 10.5 Å². The van der Waals surface area contributed by atoms with Crippen LogP contribution >= 0.6 is 0 Å². The molecule has 5 heteroatoms. The number of ether oxygens (including phenoxy) is 1. The third-order valence-corrected chi connectivity index (χ3v) is 2.82. The molecule has 0 spiro atoms. The maximum atomic E-state index is 12.2. The van der Waals surface area contributed by atoms with E-state index in [4.69, 9.17) is 10.5 Å². The zero-order valence-electron chi connectivity index (χ0n) is 10.3. The van der Waals surface area contributed by atoms with Gasteiger partial charge in [-0.15, -0.1) is 0 Å². The molecule has 0 aliphatic rings. The summed E-state index contributed by atoms with van der Waals surface area (Å²) in [6, 6.07) is 7.39. The molecule has 0 fully saturated rings. The van der Waals surface area contributed by atoms with Crippen LogP contribution in [0.4, 0.5) is 0 Å². The standard InChI is InChI=1S/C13H17N3O2/c1-18-12-7-3-2-6-11(12)16-13(17)10(9-15-16)5-4-8-14/h2-3,6-7,9,15H,4-5,8,14H2,1H3. The highest BCUT2D eigenvalue weighted by Gasteiger charge is 2.10. The van der Waals surface area contributed by atoms with E-state index < -0.39 is 0 Å². The lowest BCUT2D eigenvalue weighted by Crippen LogP contribution is -2.18. The van der Waals surface area contributed by atoms with Gasteiger partial charge in [0, 0.05) is 11.8 Å². The molecule has 3 N–H and O–H groups in total. The summed E-state index contributed by atoms with van der Waals surface area (Å²) in [6.07, 6.45) is 3.22. The number of methoxy groups -OCH3 is 1. The summed E-state index contributed by atoms with van der Waals surface area (Å²) in [5.74, 6) is 0.659. The van der Waals surface area contributed by atoms with Crippen molar-refractivity contribution in [2.75, 3.05) is 13.7 Å². The van der Waals surface area contributed by atoms with E-state index in [2.05, 4.69) is 5.10 Å². The first-order chi connectivity index (χ1) is 8.77. The molecule has 0 unspecified atom stereocenters. The SMILES string of the molecule is COc1ccccc1-n1[nH]cc(CCCN)c1=O. The second-order valence-electron chi connectivity index (χ2n) is 4.00. The minimum absolute atomic E-state index is 0.0482. The molecule has 0 aliphatic carbocycles. The number of H-pyrrole nitrogens is 1. The first kappa shape index (κ1) is 12.4. The highest BCUT2D eigenvalue weighted by Crippen LogP contribution is 2.19. The molecule has 0 aliphatic heterocycles. The number of hydrogen-bond donors (Lipinski definition) is 2. The van der Waals surface area contributed by atoms with Crippen LogP contribution in [0.1, 0.15) is 12.0 Å². The van der Waals surface area contributed by atoms with Gasteiger partial charge in [-0.05, 0) is 31.5 Å². The Morgan fingerprint density at radius 3 is 2.89 bits per heavy atom. The van der Waals surface area contributed by atoms with E-state index in [-0.39, 0.29) is 5.56 Å². The van der Waals surface area contributed by atoms with Crippen LogP contribution in [-0.2, 0) is 6.42 Å². The molecule has 0 saturated heterocycles. The fourth-order valence-corrected chi connectivity index (χ4v) is 1.87. The molecule has 2 aromatic rings. The number of aromatic amines is 1. The van der Waals surface area contributed by atoms with Gasteiger partial charge in [0.1, 0.15) is 11.4 Å². The summed E-state index contributed by atoms with van der Waals surface area (Å²) in [5, 5.41) is 2.96. The average molecular weight is 247 g/mol. The Kier molecular flexibility index (Phi) is 3.84. The number of nitrogens with one attached hydrogen (secondary N) is 1. The molecule has 0 atom stereocenters. The third-order valence-electron chi connectivity index (χ3n) is 2.82. The molecule has 0 bridgehead atoms. The van der Waals surface area contributed by atoms with E-state index in [1.807, 2.05) is 24.3 Å². The lowest BCUT2D eigenvalue weighted by Gasteiger charge is -2.07. The summed E-state index contributed by atoms with van der Waals surface area (Å²) < 4.78 is 6.74. The summed E-state index contributed by atoms with van der Waals surface area (Å²) >= 11 is 0. The minimum Gasteiger partial charge on any atom is -0.494 e. The Morgan fingerprint density at radius 1 is 1.39 bits per heavy atom. The van der Waals surface area contributed by atoms with Gasteiger partial charge in [0.05, 0.1) is 7.11 Å². The molecule has 0 amide bonds. The number of benzene rings is 1. The van der Waals surface area contributed by atoms with Crippen molar-refractivity contribution in [2.24, 2.45) is 5.73 Å². The zero-order chi connectivity index (χ0) is 13.0. The predicted molar refractivity (Wildman–Crippen MR) is 70.3 cm³/mol. The molecule has 0 saturated carbocycles. The van der Waals surface area contributed by atoms with E-state index in [1.54, 1.807) is 13.3 Å². The lowest BCUT2D eigenvalue weighted by atomic mass is 10.2. The van der Waals surface area contributed by atoms with Crippen LogP contribution in [0.2, 0.25) is 0 Å². The number of nitrogens with two attached hydrogens (primary N) is 1. The highest BCUT2D eigenvalue weighted by atomic mass is 16.5. The van der Waals surface area contributed by atoms with E-state index in [0.717, 1.165) is 12.0 Å². The van der Waals surface area contributed by atoms with Crippen molar-refractivity contribution < 1.29 is 4.74 Å². The van der Waals surface area contributed by atoms with Crippen LogP contribution in [0.3, 0.4) is 0 Å². The molecular weight excluding hydrogens is 230 g/mol. The van der Waals surface area contributed by atoms with E-state index in [1.165, 1.54) is 4.68 Å². The minimum atomic E-state index is -0.0482. The summed E-state index contributed by atoms with van der Waals surface area (Å²) in [5.41, 5.74) is 6.86. The highest BCUT2D eigenvalue weighted by molar-refractivity contribution is 5.46. The maximum Gasteiger partial charge on any atom is 0.274 e. The van der Waals surface area contributed by atoms with Crippen LogP contribution in [0.25, 0.3) is 5.69 Å². The Balaban J connectivity index is 2.39. The number of rotatable bonds is 5. The lowest BCUT2D eigenvalue weighted by molar-refractivity contribution is 0.411. The van der Waals surface area contributed by atoms with Crippen LogP contribution in [-0.4, -0.2) is 23.4 Å². The van der Waals surface area contributed by atoms with Crippen molar-refractivity contribution in [3.63, 3.8) is 0 Å². The first-order valence-electron chi connectivity index (χ1n) is 5.90. The Bertz CT molecular complexity index is 572. The predicted octanol–water partition coefficient (Wildman–Crippen LogP) is 1.07. The van der Waals surface area contributed by atoms with Gasteiger partial charge in [-0.1, -0.05) is 12.1 Å². The molecule has 1 heterocycles. The summed E-state index contributed by atoms with van der Waals surface area (Å²) in [7, 11) is 1.59. The van der Waals surface area contributed by atoms with Gasteiger partial charge in [0.15, 0.2) is 0 Å². The zero-order valence-corrected chi connectivity index (χ0v) is 10.3. The number of aromatic nitrogens is 2. The number of nitrogens with zero attached hydrogens (tertiary/aromatic N) is 1.